The Labute approximate surface area is 364 Å². The van der Waals surface area contributed by atoms with E-state index in [1.54, 1.807) is 0 Å². The lowest BCUT2D eigenvalue weighted by Gasteiger charge is -2.36. The van der Waals surface area contributed by atoms with E-state index in [-0.39, 0.29) is 0 Å². The van der Waals surface area contributed by atoms with Crippen LogP contribution in [0.2, 0.25) is 0 Å². The molecule has 0 fully saturated rings. The molecule has 0 aliphatic heterocycles. The van der Waals surface area contributed by atoms with E-state index in [0.29, 0.717) is 0 Å². The molecular weight excluding hydrogens is 769 g/mol. The molecule has 1 aromatic heterocycles. The first-order valence-corrected chi connectivity index (χ1v) is 22.2. The van der Waals surface area contributed by atoms with Crippen LogP contribution in [0.1, 0.15) is 22.3 Å². The van der Waals surface area contributed by atoms with E-state index in [4.69, 9.17) is 0 Å². The zero-order valence-corrected chi connectivity index (χ0v) is 34.6. The molecule has 0 amide bonds. The number of para-hydroxylation sites is 3. The van der Waals surface area contributed by atoms with Crippen molar-refractivity contribution in [2.24, 2.45) is 0 Å². The van der Waals surface area contributed by atoms with E-state index < -0.39 is 5.41 Å². The zero-order valence-electron chi connectivity index (χ0n) is 33.7. The number of thiophene rings is 1. The van der Waals surface area contributed by atoms with Gasteiger partial charge in [-0.2, -0.15) is 0 Å². The summed E-state index contributed by atoms with van der Waals surface area (Å²) in [6.07, 6.45) is 0. The number of rotatable bonds is 6. The van der Waals surface area contributed by atoms with Crippen molar-refractivity contribution in [2.45, 2.75) is 5.41 Å². The Morgan fingerprint density at radius 3 is 1.52 bits per heavy atom. The van der Waals surface area contributed by atoms with Gasteiger partial charge < -0.3 is 9.80 Å². The third-order valence-corrected chi connectivity index (χ3v) is 14.3. The Morgan fingerprint density at radius 2 is 0.839 bits per heavy atom. The van der Waals surface area contributed by atoms with Gasteiger partial charge >= 0.3 is 0 Å². The van der Waals surface area contributed by atoms with E-state index in [2.05, 4.69) is 240 Å². The topological polar surface area (TPSA) is 6.48 Å². The van der Waals surface area contributed by atoms with Gasteiger partial charge in [0.1, 0.15) is 0 Å². The SMILES string of the molecule is c1ccc(N(c2ccc3c(c2)sc2ccccc23)c2cccc3c2-c2ccccc2C32c3ccccc3-c3c2c(N(c2ccccc2)c2ccccc2)cc2ccccc32)cc1. The zero-order chi connectivity index (χ0) is 40.8. The summed E-state index contributed by atoms with van der Waals surface area (Å²) in [5, 5.41) is 5.09. The molecule has 0 bridgehead atoms. The Morgan fingerprint density at radius 1 is 0.323 bits per heavy atom. The molecule has 2 aliphatic rings. The van der Waals surface area contributed by atoms with Crippen LogP contribution < -0.4 is 9.80 Å². The predicted molar refractivity (Wildman–Crippen MR) is 263 cm³/mol. The van der Waals surface area contributed by atoms with Crippen molar-refractivity contribution in [3.05, 3.63) is 253 Å². The highest BCUT2D eigenvalue weighted by Gasteiger charge is 2.54. The molecule has 2 nitrogen and oxygen atoms in total. The molecule has 1 heterocycles. The molecule has 0 N–H and O–H groups in total. The number of benzene rings is 10. The molecule has 290 valence electrons. The number of hydrogen-bond donors (Lipinski definition) is 0. The standard InChI is InChI=1S/C59H38N2S/c1-4-20-40(21-5-1)60(41-22-6-2-7-23-41)53-37-39-19-10-11-26-44(39)56-47-28-12-15-30-49(47)59(58(53)56)50-31-16-13-29-48(50)57-51(59)32-18-33-52(57)61(42-24-8-3-9-25-42)43-35-36-46-45-27-14-17-34-54(45)62-55(46)38-43/h1-38H. The molecule has 1 atom stereocenters. The molecule has 11 aromatic rings. The highest BCUT2D eigenvalue weighted by atomic mass is 32.1. The van der Waals surface area contributed by atoms with Gasteiger partial charge in [0.25, 0.3) is 0 Å². The molecule has 2 aliphatic carbocycles. The van der Waals surface area contributed by atoms with Crippen LogP contribution in [-0.4, -0.2) is 0 Å². The first kappa shape index (κ1) is 35.1. The van der Waals surface area contributed by atoms with Crippen molar-refractivity contribution < 1.29 is 0 Å². The van der Waals surface area contributed by atoms with E-state index in [9.17, 15) is 0 Å². The Hall–Kier alpha value is -7.72. The van der Waals surface area contributed by atoms with Gasteiger partial charge in [0.05, 0.1) is 16.8 Å². The van der Waals surface area contributed by atoms with Crippen LogP contribution in [0.4, 0.5) is 34.1 Å². The summed E-state index contributed by atoms with van der Waals surface area (Å²) in [6.45, 7) is 0. The summed E-state index contributed by atoms with van der Waals surface area (Å²) < 4.78 is 2.59. The smallest absolute Gasteiger partial charge is 0.0747 e. The molecule has 0 saturated carbocycles. The third kappa shape index (κ3) is 4.91. The van der Waals surface area contributed by atoms with Crippen LogP contribution in [0.15, 0.2) is 231 Å². The quantitative estimate of drug-likeness (QED) is 0.165. The molecule has 3 heteroatoms. The van der Waals surface area contributed by atoms with Gasteiger partial charge in [0.15, 0.2) is 0 Å². The number of hydrogen-bond acceptors (Lipinski definition) is 3. The minimum Gasteiger partial charge on any atom is -0.310 e. The summed E-state index contributed by atoms with van der Waals surface area (Å²) in [5.74, 6) is 0. The van der Waals surface area contributed by atoms with Crippen molar-refractivity contribution in [1.82, 2.24) is 0 Å². The normalized spacial score (nSPS) is 14.5. The second-order valence-electron chi connectivity index (χ2n) is 16.4. The van der Waals surface area contributed by atoms with Crippen LogP contribution >= 0.6 is 11.3 Å². The number of fused-ring (bicyclic) bond motifs is 15. The van der Waals surface area contributed by atoms with Gasteiger partial charge in [0.2, 0.25) is 0 Å². The largest absolute Gasteiger partial charge is 0.310 e. The van der Waals surface area contributed by atoms with Crippen LogP contribution in [-0.2, 0) is 5.41 Å². The Bertz CT molecular complexity index is 3500. The molecule has 1 unspecified atom stereocenters. The summed E-state index contributed by atoms with van der Waals surface area (Å²) in [4.78, 5) is 4.97. The van der Waals surface area contributed by atoms with Crippen LogP contribution in [0.5, 0.6) is 0 Å². The minimum absolute atomic E-state index is 0.632. The van der Waals surface area contributed by atoms with Gasteiger partial charge in [-0.15, -0.1) is 11.3 Å². The van der Waals surface area contributed by atoms with Gasteiger partial charge in [0, 0.05) is 54.0 Å². The molecule has 13 rings (SSSR count). The van der Waals surface area contributed by atoms with E-state index in [1.807, 2.05) is 11.3 Å². The maximum Gasteiger partial charge on any atom is 0.0747 e. The highest BCUT2D eigenvalue weighted by molar-refractivity contribution is 7.25. The molecule has 0 radical (unpaired) electrons. The number of anilines is 6. The Kier molecular flexibility index (Phi) is 7.72. The molecule has 62 heavy (non-hydrogen) atoms. The highest BCUT2D eigenvalue weighted by Crippen LogP contribution is 2.68. The van der Waals surface area contributed by atoms with Gasteiger partial charge in [-0.3, -0.25) is 0 Å². The van der Waals surface area contributed by atoms with Crippen LogP contribution in [0.25, 0.3) is 53.2 Å². The summed E-state index contributed by atoms with van der Waals surface area (Å²) in [5.41, 5.74) is 16.5. The van der Waals surface area contributed by atoms with Gasteiger partial charge in [-0.05, 0) is 111 Å². The maximum absolute atomic E-state index is 2.49. The fourth-order valence-electron chi connectivity index (χ4n) is 10.8. The van der Waals surface area contributed by atoms with Crippen molar-refractivity contribution in [3.8, 4) is 22.3 Å². The van der Waals surface area contributed by atoms with Crippen molar-refractivity contribution in [1.29, 1.82) is 0 Å². The first-order valence-electron chi connectivity index (χ1n) is 21.4. The van der Waals surface area contributed by atoms with E-state index in [0.717, 1.165) is 28.4 Å². The van der Waals surface area contributed by atoms with Crippen molar-refractivity contribution >= 4 is 76.4 Å². The third-order valence-electron chi connectivity index (χ3n) is 13.2. The monoisotopic (exact) mass is 806 g/mol. The van der Waals surface area contributed by atoms with E-state index in [1.165, 1.54) is 81.1 Å². The fraction of sp³-hybridized carbons (Fsp3) is 0.0169. The molecular formula is C59H38N2S. The second-order valence-corrected chi connectivity index (χ2v) is 17.4. The predicted octanol–water partition coefficient (Wildman–Crippen LogP) is 16.5. The maximum atomic E-state index is 2.49. The molecule has 10 aromatic carbocycles. The van der Waals surface area contributed by atoms with Gasteiger partial charge in [-0.25, -0.2) is 0 Å². The lowest BCUT2D eigenvalue weighted by atomic mass is 9.69. The summed E-state index contributed by atoms with van der Waals surface area (Å²) in [6, 6.07) is 85.4. The minimum atomic E-state index is -0.632. The summed E-state index contributed by atoms with van der Waals surface area (Å²) >= 11 is 1.87. The second kappa shape index (κ2) is 13.7. The Balaban J connectivity index is 1.16. The molecule has 0 saturated heterocycles. The van der Waals surface area contributed by atoms with Crippen LogP contribution in [0.3, 0.4) is 0 Å². The lowest BCUT2D eigenvalue weighted by molar-refractivity contribution is 0.793. The fourth-order valence-corrected chi connectivity index (χ4v) is 12.0. The summed E-state index contributed by atoms with van der Waals surface area (Å²) in [7, 11) is 0. The lowest BCUT2D eigenvalue weighted by Crippen LogP contribution is -2.28. The molecule has 1 spiro atoms. The number of nitrogens with zero attached hydrogens (tertiary/aromatic N) is 2. The average molecular weight is 807 g/mol. The van der Waals surface area contributed by atoms with Crippen molar-refractivity contribution in [3.63, 3.8) is 0 Å². The first-order chi connectivity index (χ1) is 30.8. The van der Waals surface area contributed by atoms with Crippen molar-refractivity contribution in [2.75, 3.05) is 9.80 Å². The van der Waals surface area contributed by atoms with Gasteiger partial charge in [-0.1, -0.05) is 164 Å². The average Bonchev–Trinajstić information content (AvgIpc) is 3.97. The van der Waals surface area contributed by atoms with Crippen LogP contribution in [0, 0.1) is 0 Å². The van der Waals surface area contributed by atoms with E-state index >= 15 is 0 Å².